The molecule has 8 nitrogen and oxygen atoms in total. The number of hydrogen-bond acceptors (Lipinski definition) is 8. The minimum atomic E-state index is 0.588. The molecule has 7 aromatic carbocycles. The van der Waals surface area contributed by atoms with E-state index in [1.165, 1.54) is 0 Å². The molecule has 3 aromatic heterocycles. The van der Waals surface area contributed by atoms with Crippen molar-refractivity contribution in [2.24, 2.45) is 0 Å². The van der Waals surface area contributed by atoms with Crippen LogP contribution in [0.5, 0.6) is 0 Å². The SMILES string of the molecule is Cc1cccc(-c2nc(-c3cccc(C)c3)nc(-c3cccc(-c4cccc(-c5ccc(-c6nc(-c7ccccc7)nc(-c7ccccc7)n6)cc5)c4-c4nc(C)cc(C)n4)c3)n2)c1. The van der Waals surface area contributed by atoms with Gasteiger partial charge in [-0.1, -0.05) is 169 Å². The first-order valence-electron chi connectivity index (χ1n) is 21.3. The Morgan fingerprint density at radius 3 is 1.05 bits per heavy atom. The van der Waals surface area contributed by atoms with Crippen LogP contribution in [0.3, 0.4) is 0 Å². The maximum atomic E-state index is 5.08. The Bertz CT molecular complexity index is 3170. The molecule has 0 bridgehead atoms. The summed E-state index contributed by atoms with van der Waals surface area (Å²) in [6.07, 6.45) is 0. The molecule has 0 atom stereocenters. The van der Waals surface area contributed by atoms with Gasteiger partial charge in [-0.3, -0.25) is 0 Å². The standard InChI is InChI=1S/C56H42N8/c1-35-15-11-22-44(31-35)53-62-54(45-23-12-16-36(2)32-45)64-55(63-53)46-24-13-21-43(34-46)48-26-14-25-47(49(48)56-57-37(3)33-38(4)58-56)39-27-29-42(30-28-39)52-60-50(40-17-7-5-8-18-40)59-51(61-52)41-19-9-6-10-20-41/h5-34H,1-4H3. The Balaban J connectivity index is 1.09. The summed E-state index contributed by atoms with van der Waals surface area (Å²) in [5.74, 6) is 4.31. The van der Waals surface area contributed by atoms with E-state index in [0.29, 0.717) is 40.8 Å². The molecule has 0 N–H and O–H groups in total. The lowest BCUT2D eigenvalue weighted by atomic mass is 9.90. The zero-order chi connectivity index (χ0) is 43.6. The van der Waals surface area contributed by atoms with Crippen LogP contribution in [0.4, 0.5) is 0 Å². The van der Waals surface area contributed by atoms with E-state index in [-0.39, 0.29) is 0 Å². The van der Waals surface area contributed by atoms with Gasteiger partial charge in [0.25, 0.3) is 0 Å². The van der Waals surface area contributed by atoms with Gasteiger partial charge in [0.15, 0.2) is 40.8 Å². The summed E-state index contributed by atoms with van der Waals surface area (Å²) < 4.78 is 0. The van der Waals surface area contributed by atoms with E-state index in [1.54, 1.807) is 0 Å². The highest BCUT2D eigenvalue weighted by molar-refractivity contribution is 5.93. The van der Waals surface area contributed by atoms with Gasteiger partial charge in [0.2, 0.25) is 0 Å². The molecule has 0 aliphatic carbocycles. The van der Waals surface area contributed by atoms with Crippen molar-refractivity contribution in [3.63, 3.8) is 0 Å². The largest absolute Gasteiger partial charge is 0.233 e. The highest BCUT2D eigenvalue weighted by Crippen LogP contribution is 2.40. The summed E-state index contributed by atoms with van der Waals surface area (Å²) in [4.78, 5) is 40.0. The van der Waals surface area contributed by atoms with Crippen LogP contribution in [0, 0.1) is 27.7 Å². The van der Waals surface area contributed by atoms with Gasteiger partial charge in [-0.25, -0.2) is 39.9 Å². The summed E-state index contributed by atoms with van der Waals surface area (Å²) in [6.45, 7) is 8.18. The van der Waals surface area contributed by atoms with Crippen LogP contribution < -0.4 is 0 Å². The summed E-state index contributed by atoms with van der Waals surface area (Å²) >= 11 is 0. The lowest BCUT2D eigenvalue weighted by molar-refractivity contribution is 1.06. The number of rotatable bonds is 9. The van der Waals surface area contributed by atoms with Crippen LogP contribution in [0.25, 0.3) is 102 Å². The monoisotopic (exact) mass is 826 g/mol. The fourth-order valence-corrected chi connectivity index (χ4v) is 8.01. The predicted molar refractivity (Wildman–Crippen MR) is 257 cm³/mol. The molecule has 0 amide bonds. The zero-order valence-corrected chi connectivity index (χ0v) is 35.9. The third-order valence-corrected chi connectivity index (χ3v) is 11.0. The summed E-state index contributed by atoms with van der Waals surface area (Å²) in [5, 5.41) is 0. The number of benzene rings is 7. The lowest BCUT2D eigenvalue weighted by Crippen LogP contribution is -2.01. The molecule has 8 heteroatoms. The van der Waals surface area contributed by atoms with Gasteiger partial charge in [-0.05, 0) is 74.2 Å². The second-order valence-corrected chi connectivity index (χ2v) is 15.9. The van der Waals surface area contributed by atoms with Crippen LogP contribution in [-0.4, -0.2) is 39.9 Å². The Morgan fingerprint density at radius 2 is 0.578 bits per heavy atom. The maximum Gasteiger partial charge on any atom is 0.164 e. The van der Waals surface area contributed by atoms with Crippen molar-refractivity contribution in [3.05, 3.63) is 205 Å². The van der Waals surface area contributed by atoms with Crippen LogP contribution >= 0.6 is 0 Å². The van der Waals surface area contributed by atoms with Crippen molar-refractivity contribution in [2.75, 3.05) is 0 Å². The predicted octanol–water partition coefficient (Wildman–Crippen LogP) is 13.1. The molecule has 10 aromatic rings. The number of aromatic nitrogens is 8. The Kier molecular flexibility index (Phi) is 10.7. The number of hydrogen-bond donors (Lipinski definition) is 0. The summed E-state index contributed by atoms with van der Waals surface area (Å²) in [7, 11) is 0. The third-order valence-electron chi connectivity index (χ3n) is 11.0. The molecule has 0 fully saturated rings. The molecule has 0 saturated carbocycles. The van der Waals surface area contributed by atoms with Crippen LogP contribution in [-0.2, 0) is 0 Å². The summed E-state index contributed by atoms with van der Waals surface area (Å²) in [6, 6.07) is 61.7. The molecule has 0 saturated heterocycles. The molecule has 306 valence electrons. The van der Waals surface area contributed by atoms with Gasteiger partial charge in [0.05, 0.1) is 0 Å². The molecule has 64 heavy (non-hydrogen) atoms. The van der Waals surface area contributed by atoms with Crippen molar-refractivity contribution in [1.82, 2.24) is 39.9 Å². The molecule has 0 aliphatic rings. The smallest absolute Gasteiger partial charge is 0.164 e. The third kappa shape index (κ3) is 8.32. The van der Waals surface area contributed by atoms with Crippen molar-refractivity contribution in [2.45, 2.75) is 27.7 Å². The van der Waals surface area contributed by atoms with E-state index in [4.69, 9.17) is 39.9 Å². The quantitative estimate of drug-likeness (QED) is 0.142. The van der Waals surface area contributed by atoms with Crippen molar-refractivity contribution in [3.8, 4) is 102 Å². The minimum Gasteiger partial charge on any atom is -0.233 e. The Labute approximate surface area is 372 Å². The van der Waals surface area contributed by atoms with E-state index in [9.17, 15) is 0 Å². The number of aryl methyl sites for hydroxylation is 4. The highest BCUT2D eigenvalue weighted by Gasteiger charge is 2.20. The average Bonchev–Trinajstić information content (AvgIpc) is 3.34. The zero-order valence-electron chi connectivity index (χ0n) is 35.9. The van der Waals surface area contributed by atoms with Crippen LogP contribution in [0.2, 0.25) is 0 Å². The lowest BCUT2D eigenvalue weighted by Gasteiger charge is -2.17. The molecule has 0 aliphatic heterocycles. The van der Waals surface area contributed by atoms with Gasteiger partial charge < -0.3 is 0 Å². The Morgan fingerprint density at radius 1 is 0.234 bits per heavy atom. The minimum absolute atomic E-state index is 0.588. The fourth-order valence-electron chi connectivity index (χ4n) is 8.01. The first-order valence-corrected chi connectivity index (χ1v) is 21.3. The topological polar surface area (TPSA) is 103 Å². The second-order valence-electron chi connectivity index (χ2n) is 15.9. The molecular weight excluding hydrogens is 785 g/mol. The highest BCUT2D eigenvalue weighted by atomic mass is 15.0. The van der Waals surface area contributed by atoms with Gasteiger partial charge in [-0.15, -0.1) is 0 Å². The summed E-state index contributed by atoms with van der Waals surface area (Å²) in [5.41, 5.74) is 14.4. The van der Waals surface area contributed by atoms with Crippen molar-refractivity contribution < 1.29 is 0 Å². The first kappa shape index (κ1) is 39.8. The average molecular weight is 827 g/mol. The van der Waals surface area contributed by atoms with E-state index < -0.39 is 0 Å². The van der Waals surface area contributed by atoms with Gasteiger partial charge >= 0.3 is 0 Å². The van der Waals surface area contributed by atoms with E-state index in [2.05, 4.69) is 105 Å². The molecule has 0 radical (unpaired) electrons. The van der Waals surface area contributed by atoms with Gasteiger partial charge in [-0.2, -0.15) is 0 Å². The molecular formula is C56H42N8. The van der Waals surface area contributed by atoms with Crippen LogP contribution in [0.1, 0.15) is 22.5 Å². The van der Waals surface area contributed by atoms with Crippen molar-refractivity contribution >= 4 is 0 Å². The van der Waals surface area contributed by atoms with Crippen LogP contribution in [0.15, 0.2) is 182 Å². The molecule has 0 spiro atoms. The van der Waals surface area contributed by atoms with E-state index >= 15 is 0 Å². The normalized spacial score (nSPS) is 11.1. The molecule has 0 unspecified atom stereocenters. The van der Waals surface area contributed by atoms with E-state index in [1.807, 2.05) is 105 Å². The number of nitrogens with zero attached hydrogens (tertiary/aromatic N) is 8. The fraction of sp³-hybridized carbons (Fsp3) is 0.0714. The second kappa shape index (κ2) is 17.2. The molecule has 3 heterocycles. The van der Waals surface area contributed by atoms with E-state index in [0.717, 1.165) is 83.7 Å². The van der Waals surface area contributed by atoms with Gasteiger partial charge in [0.1, 0.15) is 0 Å². The first-order chi connectivity index (χ1) is 31.3. The van der Waals surface area contributed by atoms with Crippen molar-refractivity contribution in [1.29, 1.82) is 0 Å². The Hall–Kier alpha value is -8.36. The maximum absolute atomic E-state index is 5.08. The van der Waals surface area contributed by atoms with Gasteiger partial charge in [0, 0.05) is 50.3 Å². The molecule has 10 rings (SSSR count).